The fraction of sp³-hybridized carbons (Fsp3) is 0.250. The molecule has 4 aromatic rings. The van der Waals surface area contributed by atoms with Gasteiger partial charge in [-0.2, -0.15) is 0 Å². The number of hydrogen-bond donors (Lipinski definition) is 2. The number of halogens is 5. The minimum Gasteiger partial charge on any atom is -0.368 e. The first-order valence-electron chi connectivity index (χ1n) is 11.0. The largest absolute Gasteiger partial charge is 0.368 e. The highest BCUT2D eigenvalue weighted by Gasteiger charge is 2.19. The van der Waals surface area contributed by atoms with Gasteiger partial charge in [0.05, 0.1) is 18.1 Å². The standard InChI is InChI=1S/C24H21F4N7.ClH/c1-13-8-17(23(27)28)16-9-14(10-18(25)22(16)32-13)21-19(26)12-31-24(34-21)33-20-3-2-15(11-30-20)35-6-4-29-5-7-35;/h2-3,8-12,23,29H,4-7H2,1H3,(H,30,31,33,34);1H. The second-order valence-electron chi connectivity index (χ2n) is 8.16. The van der Waals surface area contributed by atoms with Crippen LogP contribution in [0.5, 0.6) is 0 Å². The van der Waals surface area contributed by atoms with Crippen molar-refractivity contribution in [2.24, 2.45) is 0 Å². The molecule has 5 rings (SSSR count). The molecule has 4 heterocycles. The summed E-state index contributed by atoms with van der Waals surface area (Å²) in [5.74, 6) is -1.21. The Hall–Kier alpha value is -3.57. The molecule has 1 saturated heterocycles. The SMILES string of the molecule is Cc1cc(C(F)F)c2cc(-c3nc(Nc4ccc(N5CCNCC5)cn4)ncc3F)cc(F)c2n1.Cl. The summed E-state index contributed by atoms with van der Waals surface area (Å²) in [5, 5.41) is 6.09. The van der Waals surface area contributed by atoms with Crippen molar-refractivity contribution in [2.45, 2.75) is 13.3 Å². The number of anilines is 3. The molecule has 3 aromatic heterocycles. The Morgan fingerprint density at radius 1 is 0.972 bits per heavy atom. The number of aromatic nitrogens is 4. The van der Waals surface area contributed by atoms with E-state index < -0.39 is 18.1 Å². The molecule has 2 N–H and O–H groups in total. The Bertz CT molecular complexity index is 1380. The van der Waals surface area contributed by atoms with Crippen molar-refractivity contribution in [1.82, 2.24) is 25.3 Å². The summed E-state index contributed by atoms with van der Waals surface area (Å²) in [6.45, 7) is 5.06. The lowest BCUT2D eigenvalue weighted by Gasteiger charge is -2.29. The van der Waals surface area contributed by atoms with E-state index in [0.29, 0.717) is 5.82 Å². The van der Waals surface area contributed by atoms with Gasteiger partial charge in [-0.25, -0.2) is 32.5 Å². The van der Waals surface area contributed by atoms with Crippen LogP contribution in [-0.4, -0.2) is 46.1 Å². The van der Waals surface area contributed by atoms with Crippen LogP contribution < -0.4 is 15.5 Å². The van der Waals surface area contributed by atoms with Crippen molar-refractivity contribution >= 4 is 40.8 Å². The van der Waals surface area contributed by atoms with Crippen LogP contribution in [0.15, 0.2) is 42.7 Å². The molecule has 7 nitrogen and oxygen atoms in total. The first kappa shape index (κ1) is 25.5. The van der Waals surface area contributed by atoms with Crippen LogP contribution in [0.4, 0.5) is 35.0 Å². The molecule has 0 amide bonds. The van der Waals surface area contributed by atoms with Crippen molar-refractivity contribution in [3.8, 4) is 11.3 Å². The van der Waals surface area contributed by atoms with Gasteiger partial charge in [0, 0.05) is 48.4 Å². The highest BCUT2D eigenvalue weighted by atomic mass is 35.5. The topological polar surface area (TPSA) is 78.9 Å². The number of rotatable bonds is 5. The van der Waals surface area contributed by atoms with Crippen LogP contribution in [0.2, 0.25) is 0 Å². The molecule has 0 aliphatic carbocycles. The predicted molar refractivity (Wildman–Crippen MR) is 132 cm³/mol. The van der Waals surface area contributed by atoms with Crippen LogP contribution in [0.3, 0.4) is 0 Å². The van der Waals surface area contributed by atoms with Gasteiger partial charge in [0.15, 0.2) is 5.82 Å². The zero-order valence-electron chi connectivity index (χ0n) is 19.1. The van der Waals surface area contributed by atoms with E-state index >= 15 is 0 Å². The molecule has 188 valence electrons. The van der Waals surface area contributed by atoms with Gasteiger partial charge in [-0.15, -0.1) is 12.4 Å². The summed E-state index contributed by atoms with van der Waals surface area (Å²) in [7, 11) is 0. The molecule has 1 aliphatic rings. The minimum atomic E-state index is -2.85. The van der Waals surface area contributed by atoms with E-state index in [0.717, 1.165) is 44.1 Å². The second-order valence-corrected chi connectivity index (χ2v) is 8.16. The first-order valence-corrected chi connectivity index (χ1v) is 11.0. The quantitative estimate of drug-likeness (QED) is 0.351. The predicted octanol–water partition coefficient (Wildman–Crippen LogP) is 5.19. The average molecular weight is 520 g/mol. The minimum absolute atomic E-state index is 0. The summed E-state index contributed by atoms with van der Waals surface area (Å²) in [4.78, 5) is 18.7. The summed E-state index contributed by atoms with van der Waals surface area (Å²) < 4.78 is 56.7. The molecule has 0 spiro atoms. The number of nitrogens with zero attached hydrogens (tertiary/aromatic N) is 5. The van der Waals surface area contributed by atoms with Gasteiger partial charge in [0.25, 0.3) is 6.43 Å². The van der Waals surface area contributed by atoms with Gasteiger partial charge in [-0.3, -0.25) is 4.98 Å². The molecule has 12 heteroatoms. The second kappa shape index (κ2) is 10.6. The monoisotopic (exact) mass is 519 g/mol. The summed E-state index contributed by atoms with van der Waals surface area (Å²) in [5.41, 5.74) is 0.409. The van der Waals surface area contributed by atoms with E-state index in [1.807, 2.05) is 6.07 Å². The van der Waals surface area contributed by atoms with Gasteiger partial charge in [-0.1, -0.05) is 0 Å². The van der Waals surface area contributed by atoms with E-state index in [9.17, 15) is 17.6 Å². The highest BCUT2D eigenvalue weighted by Crippen LogP contribution is 2.33. The van der Waals surface area contributed by atoms with Crippen molar-refractivity contribution in [2.75, 3.05) is 36.4 Å². The maximum absolute atomic E-state index is 14.8. The number of nitrogens with one attached hydrogen (secondary N) is 2. The third-order valence-electron chi connectivity index (χ3n) is 5.75. The number of piperazine rings is 1. The zero-order valence-corrected chi connectivity index (χ0v) is 19.9. The van der Waals surface area contributed by atoms with Gasteiger partial charge < -0.3 is 15.5 Å². The van der Waals surface area contributed by atoms with Gasteiger partial charge >= 0.3 is 0 Å². The Balaban J connectivity index is 0.00000304. The third-order valence-corrected chi connectivity index (χ3v) is 5.75. The Labute approximate surface area is 210 Å². The lowest BCUT2D eigenvalue weighted by atomic mass is 10.0. The van der Waals surface area contributed by atoms with E-state index in [-0.39, 0.29) is 51.8 Å². The van der Waals surface area contributed by atoms with E-state index in [1.165, 1.54) is 19.1 Å². The number of fused-ring (bicyclic) bond motifs is 1. The summed E-state index contributed by atoms with van der Waals surface area (Å²) in [6.07, 6.45) is -0.197. The molecule has 0 unspecified atom stereocenters. The lowest BCUT2D eigenvalue weighted by Crippen LogP contribution is -2.43. The molecule has 0 saturated carbocycles. The molecular weight excluding hydrogens is 498 g/mol. The van der Waals surface area contributed by atoms with E-state index in [1.54, 1.807) is 12.3 Å². The zero-order chi connectivity index (χ0) is 24.5. The number of alkyl halides is 2. The van der Waals surface area contributed by atoms with E-state index in [2.05, 4.69) is 35.5 Å². The fourth-order valence-electron chi connectivity index (χ4n) is 4.08. The van der Waals surface area contributed by atoms with Gasteiger partial charge in [0.2, 0.25) is 5.95 Å². The first-order chi connectivity index (χ1) is 16.9. The van der Waals surface area contributed by atoms with Crippen molar-refractivity contribution in [3.05, 3.63) is 65.6 Å². The summed E-state index contributed by atoms with van der Waals surface area (Å²) >= 11 is 0. The van der Waals surface area contributed by atoms with Gasteiger partial charge in [-0.05, 0) is 37.3 Å². The van der Waals surface area contributed by atoms with E-state index in [4.69, 9.17) is 0 Å². The van der Waals surface area contributed by atoms with Crippen LogP contribution in [-0.2, 0) is 0 Å². The van der Waals surface area contributed by atoms with Crippen LogP contribution >= 0.6 is 12.4 Å². The molecule has 1 aliphatic heterocycles. The molecule has 1 aromatic carbocycles. The molecule has 0 atom stereocenters. The maximum atomic E-state index is 14.8. The van der Waals surface area contributed by atoms with Gasteiger partial charge in [0.1, 0.15) is 22.8 Å². The van der Waals surface area contributed by atoms with Crippen molar-refractivity contribution in [3.63, 3.8) is 0 Å². The molecule has 0 bridgehead atoms. The van der Waals surface area contributed by atoms with Crippen molar-refractivity contribution in [1.29, 1.82) is 0 Å². The highest BCUT2D eigenvalue weighted by molar-refractivity contribution is 5.88. The number of hydrogen-bond acceptors (Lipinski definition) is 7. The number of benzene rings is 1. The molecule has 1 fully saturated rings. The summed E-state index contributed by atoms with van der Waals surface area (Å²) in [6, 6.07) is 7.14. The van der Waals surface area contributed by atoms with Crippen LogP contribution in [0.25, 0.3) is 22.2 Å². The van der Waals surface area contributed by atoms with Crippen LogP contribution in [0.1, 0.15) is 17.7 Å². The van der Waals surface area contributed by atoms with Crippen LogP contribution in [0, 0.1) is 18.6 Å². The Morgan fingerprint density at radius 2 is 1.75 bits per heavy atom. The lowest BCUT2D eigenvalue weighted by molar-refractivity contribution is 0.153. The maximum Gasteiger partial charge on any atom is 0.264 e. The van der Waals surface area contributed by atoms with Crippen molar-refractivity contribution < 1.29 is 17.6 Å². The smallest absolute Gasteiger partial charge is 0.264 e. The number of pyridine rings is 2. The molecule has 0 radical (unpaired) electrons. The Morgan fingerprint density at radius 3 is 2.44 bits per heavy atom. The third kappa shape index (κ3) is 5.17. The molecular formula is C24H22ClF4N7. The number of aryl methyl sites for hydroxylation is 1. The normalized spacial score (nSPS) is 13.7. The Kier molecular flexibility index (Phi) is 7.51. The molecule has 36 heavy (non-hydrogen) atoms. The fourth-order valence-corrected chi connectivity index (χ4v) is 4.08. The average Bonchev–Trinajstić information content (AvgIpc) is 2.86.